The first-order valence-electron chi connectivity index (χ1n) is 9.51. The Morgan fingerprint density at radius 3 is 2.54 bits per heavy atom. The highest BCUT2D eigenvalue weighted by molar-refractivity contribution is 7.98. The number of thioether (sulfide) groups is 1. The first-order chi connectivity index (χ1) is 13.6. The number of rotatable bonds is 8. The standard InChI is InChI=1S/C21H24FN3O2S/c22-17-9-7-15(8-10-17)14-28-21-18(6-3-11-25-21)20(27)24-13-12-23-19(26)16-4-1-2-5-16/h3,6-11,16H,1-2,4-5,12-14H2,(H,23,26)(H,24,27). The third-order valence-electron chi connectivity index (χ3n) is 4.74. The van der Waals surface area contributed by atoms with E-state index in [0.29, 0.717) is 29.4 Å². The number of hydrogen-bond donors (Lipinski definition) is 2. The number of hydrogen-bond acceptors (Lipinski definition) is 4. The molecule has 0 bridgehead atoms. The summed E-state index contributed by atoms with van der Waals surface area (Å²) in [5, 5.41) is 6.35. The lowest BCUT2D eigenvalue weighted by Gasteiger charge is -2.12. The van der Waals surface area contributed by atoms with Gasteiger partial charge in [0.25, 0.3) is 5.91 Å². The molecule has 148 valence electrons. The van der Waals surface area contributed by atoms with E-state index in [1.54, 1.807) is 30.5 Å². The Morgan fingerprint density at radius 1 is 1.07 bits per heavy atom. The third kappa shape index (κ3) is 5.79. The Hall–Kier alpha value is -2.41. The van der Waals surface area contributed by atoms with Crippen LogP contribution in [0, 0.1) is 11.7 Å². The summed E-state index contributed by atoms with van der Waals surface area (Å²) in [6.45, 7) is 0.785. The van der Waals surface area contributed by atoms with Crippen LogP contribution in [0.1, 0.15) is 41.6 Å². The molecule has 0 atom stereocenters. The Morgan fingerprint density at radius 2 is 1.79 bits per heavy atom. The molecule has 0 saturated heterocycles. The number of amides is 2. The van der Waals surface area contributed by atoms with E-state index in [-0.39, 0.29) is 23.5 Å². The quantitative estimate of drug-likeness (QED) is 0.524. The number of carbonyl (C=O) groups excluding carboxylic acids is 2. The number of nitrogens with one attached hydrogen (secondary N) is 2. The molecule has 0 unspecified atom stereocenters. The van der Waals surface area contributed by atoms with Gasteiger partial charge in [-0.25, -0.2) is 9.37 Å². The molecule has 2 aromatic rings. The molecule has 1 fully saturated rings. The summed E-state index contributed by atoms with van der Waals surface area (Å²) in [7, 11) is 0. The van der Waals surface area contributed by atoms with Crippen LogP contribution in [0.3, 0.4) is 0 Å². The van der Waals surface area contributed by atoms with Gasteiger partial charge in [-0.1, -0.05) is 25.0 Å². The van der Waals surface area contributed by atoms with Gasteiger partial charge in [-0.3, -0.25) is 9.59 Å². The van der Waals surface area contributed by atoms with Gasteiger partial charge in [-0.15, -0.1) is 11.8 Å². The van der Waals surface area contributed by atoms with Crippen LogP contribution in [0.4, 0.5) is 4.39 Å². The molecule has 1 aliphatic rings. The fraction of sp³-hybridized carbons (Fsp3) is 0.381. The van der Waals surface area contributed by atoms with Gasteiger partial charge < -0.3 is 10.6 Å². The van der Waals surface area contributed by atoms with Crippen molar-refractivity contribution >= 4 is 23.6 Å². The van der Waals surface area contributed by atoms with Crippen LogP contribution in [-0.4, -0.2) is 29.9 Å². The van der Waals surface area contributed by atoms with Crippen molar-refractivity contribution in [2.45, 2.75) is 36.5 Å². The number of aromatic nitrogens is 1. The largest absolute Gasteiger partial charge is 0.354 e. The van der Waals surface area contributed by atoms with Gasteiger partial charge in [0.15, 0.2) is 0 Å². The summed E-state index contributed by atoms with van der Waals surface area (Å²) in [5.74, 6) is 0.318. The molecule has 2 amide bonds. The van der Waals surface area contributed by atoms with Crippen molar-refractivity contribution in [2.75, 3.05) is 13.1 Å². The van der Waals surface area contributed by atoms with Gasteiger partial charge in [0.05, 0.1) is 5.56 Å². The molecule has 28 heavy (non-hydrogen) atoms. The number of nitrogens with zero attached hydrogens (tertiary/aromatic N) is 1. The van der Waals surface area contributed by atoms with Crippen LogP contribution < -0.4 is 10.6 Å². The van der Waals surface area contributed by atoms with E-state index in [1.165, 1.54) is 23.9 Å². The summed E-state index contributed by atoms with van der Waals surface area (Å²) in [5.41, 5.74) is 1.45. The van der Waals surface area contributed by atoms with Gasteiger partial charge in [-0.2, -0.15) is 0 Å². The summed E-state index contributed by atoms with van der Waals surface area (Å²) < 4.78 is 13.0. The van der Waals surface area contributed by atoms with Crippen LogP contribution in [-0.2, 0) is 10.5 Å². The van der Waals surface area contributed by atoms with E-state index < -0.39 is 0 Å². The Bertz CT molecular complexity index is 808. The number of benzene rings is 1. The normalized spacial score (nSPS) is 14.0. The zero-order valence-corrected chi connectivity index (χ0v) is 16.4. The second-order valence-corrected chi connectivity index (χ2v) is 7.76. The minimum Gasteiger partial charge on any atom is -0.354 e. The van der Waals surface area contributed by atoms with E-state index >= 15 is 0 Å². The van der Waals surface area contributed by atoms with Crippen molar-refractivity contribution in [2.24, 2.45) is 5.92 Å². The fourth-order valence-electron chi connectivity index (χ4n) is 3.20. The highest BCUT2D eigenvalue weighted by atomic mass is 32.2. The molecule has 1 saturated carbocycles. The van der Waals surface area contributed by atoms with E-state index in [4.69, 9.17) is 0 Å². The molecule has 5 nitrogen and oxygen atoms in total. The lowest BCUT2D eigenvalue weighted by molar-refractivity contribution is -0.124. The molecule has 1 aromatic heterocycles. The number of pyridine rings is 1. The first kappa shape index (κ1) is 20.3. The summed E-state index contributed by atoms with van der Waals surface area (Å²) in [4.78, 5) is 28.8. The maximum Gasteiger partial charge on any atom is 0.254 e. The first-order valence-corrected chi connectivity index (χ1v) is 10.5. The van der Waals surface area contributed by atoms with Crippen molar-refractivity contribution < 1.29 is 14.0 Å². The smallest absolute Gasteiger partial charge is 0.254 e. The Balaban J connectivity index is 1.47. The molecule has 7 heteroatoms. The van der Waals surface area contributed by atoms with Gasteiger partial charge in [-0.05, 0) is 42.7 Å². The average Bonchev–Trinajstić information content (AvgIpc) is 3.26. The molecular formula is C21H24FN3O2S. The van der Waals surface area contributed by atoms with Gasteiger partial charge in [0.2, 0.25) is 5.91 Å². The predicted molar refractivity (Wildman–Crippen MR) is 107 cm³/mol. The SMILES string of the molecule is O=C(NCCNC(=O)C1CCCC1)c1cccnc1SCc1ccc(F)cc1. The topological polar surface area (TPSA) is 71.1 Å². The van der Waals surface area contributed by atoms with E-state index in [9.17, 15) is 14.0 Å². The monoisotopic (exact) mass is 401 g/mol. The summed E-state index contributed by atoms with van der Waals surface area (Å²) in [6.07, 6.45) is 5.80. The maximum atomic E-state index is 13.0. The van der Waals surface area contributed by atoms with E-state index in [1.807, 2.05) is 0 Å². The predicted octanol–water partition coefficient (Wildman–Crippen LogP) is 3.55. The fourth-order valence-corrected chi connectivity index (χ4v) is 4.15. The molecule has 1 aliphatic carbocycles. The molecule has 1 aromatic carbocycles. The molecule has 3 rings (SSSR count). The Kier molecular flexibility index (Phi) is 7.42. The molecule has 0 spiro atoms. The van der Waals surface area contributed by atoms with Crippen molar-refractivity contribution in [3.05, 3.63) is 59.5 Å². The molecule has 0 radical (unpaired) electrons. The van der Waals surface area contributed by atoms with E-state index in [0.717, 1.165) is 31.2 Å². The summed E-state index contributed by atoms with van der Waals surface area (Å²) in [6, 6.07) is 9.73. The van der Waals surface area contributed by atoms with Crippen molar-refractivity contribution in [3.63, 3.8) is 0 Å². The minimum absolute atomic E-state index is 0.0867. The van der Waals surface area contributed by atoms with Crippen LogP contribution >= 0.6 is 11.8 Å². The lowest BCUT2D eigenvalue weighted by Crippen LogP contribution is -2.37. The molecule has 2 N–H and O–H groups in total. The minimum atomic E-state index is -0.272. The third-order valence-corrected chi connectivity index (χ3v) is 5.82. The molecule has 0 aliphatic heterocycles. The van der Waals surface area contributed by atoms with E-state index in [2.05, 4.69) is 15.6 Å². The zero-order valence-electron chi connectivity index (χ0n) is 15.6. The van der Waals surface area contributed by atoms with Crippen molar-refractivity contribution in [1.82, 2.24) is 15.6 Å². The second kappa shape index (κ2) is 10.2. The molecular weight excluding hydrogens is 377 g/mol. The van der Waals surface area contributed by atoms with Crippen molar-refractivity contribution in [3.8, 4) is 0 Å². The van der Waals surface area contributed by atoms with Crippen LogP contribution in [0.25, 0.3) is 0 Å². The highest BCUT2D eigenvalue weighted by Crippen LogP contribution is 2.25. The summed E-state index contributed by atoms with van der Waals surface area (Å²) >= 11 is 1.43. The highest BCUT2D eigenvalue weighted by Gasteiger charge is 2.22. The van der Waals surface area contributed by atoms with Gasteiger partial charge in [0, 0.05) is 31.0 Å². The average molecular weight is 402 g/mol. The number of halogens is 1. The number of carbonyl (C=O) groups is 2. The van der Waals surface area contributed by atoms with Crippen LogP contribution in [0.2, 0.25) is 0 Å². The maximum absolute atomic E-state index is 13.0. The molecule has 1 heterocycles. The van der Waals surface area contributed by atoms with Crippen molar-refractivity contribution in [1.29, 1.82) is 0 Å². The van der Waals surface area contributed by atoms with Gasteiger partial charge in [0.1, 0.15) is 10.8 Å². The Labute approximate surface area is 168 Å². The van der Waals surface area contributed by atoms with Crippen LogP contribution in [0.5, 0.6) is 0 Å². The van der Waals surface area contributed by atoms with Crippen LogP contribution in [0.15, 0.2) is 47.6 Å². The second-order valence-electron chi connectivity index (χ2n) is 6.80. The lowest BCUT2D eigenvalue weighted by atomic mass is 10.1. The van der Waals surface area contributed by atoms with Gasteiger partial charge >= 0.3 is 0 Å². The zero-order chi connectivity index (χ0) is 19.8.